The standard InChI is InChI=1S/C11H10O5/c1-14-5-8(11(12)13)7-2-3-9-10(4-7)16-6-15-9/h2-5H,6H2,1H3,(H,12,13). The van der Waals surface area contributed by atoms with Crippen molar-refractivity contribution in [1.29, 1.82) is 0 Å². The zero-order valence-corrected chi connectivity index (χ0v) is 8.60. The predicted molar refractivity (Wildman–Crippen MR) is 55.2 cm³/mol. The lowest BCUT2D eigenvalue weighted by atomic mass is 10.1. The van der Waals surface area contributed by atoms with Crippen molar-refractivity contribution < 1.29 is 24.1 Å². The third-order valence-corrected chi connectivity index (χ3v) is 2.15. The molecule has 1 aliphatic rings. The van der Waals surface area contributed by atoms with Crippen molar-refractivity contribution in [3.63, 3.8) is 0 Å². The number of carboxylic acids is 1. The Morgan fingerprint density at radius 1 is 1.44 bits per heavy atom. The Morgan fingerprint density at radius 2 is 2.19 bits per heavy atom. The van der Waals surface area contributed by atoms with Crippen molar-refractivity contribution in [2.24, 2.45) is 0 Å². The van der Waals surface area contributed by atoms with Gasteiger partial charge in [-0.3, -0.25) is 0 Å². The summed E-state index contributed by atoms with van der Waals surface area (Å²) in [5, 5.41) is 8.99. The third-order valence-electron chi connectivity index (χ3n) is 2.15. The van der Waals surface area contributed by atoms with Gasteiger partial charge in [-0.25, -0.2) is 4.79 Å². The number of hydrogen-bond acceptors (Lipinski definition) is 4. The minimum absolute atomic E-state index is 0.0702. The Hall–Kier alpha value is -2.17. The first kappa shape index (κ1) is 10.4. The van der Waals surface area contributed by atoms with E-state index in [2.05, 4.69) is 0 Å². The molecule has 2 rings (SSSR count). The van der Waals surface area contributed by atoms with Crippen LogP contribution in [0, 0.1) is 0 Å². The summed E-state index contributed by atoms with van der Waals surface area (Å²) in [6.45, 7) is 0.162. The number of carbonyl (C=O) groups is 1. The topological polar surface area (TPSA) is 65.0 Å². The highest BCUT2D eigenvalue weighted by molar-refractivity contribution is 6.15. The first-order chi connectivity index (χ1) is 7.72. The van der Waals surface area contributed by atoms with Gasteiger partial charge < -0.3 is 19.3 Å². The van der Waals surface area contributed by atoms with Gasteiger partial charge >= 0.3 is 5.97 Å². The lowest BCUT2D eigenvalue weighted by Gasteiger charge is -2.03. The van der Waals surface area contributed by atoms with Gasteiger partial charge in [0, 0.05) is 0 Å². The van der Waals surface area contributed by atoms with Crippen molar-refractivity contribution >= 4 is 11.5 Å². The largest absolute Gasteiger partial charge is 0.503 e. The molecule has 1 aromatic carbocycles. The molecule has 0 radical (unpaired) electrons. The normalized spacial score (nSPS) is 13.7. The van der Waals surface area contributed by atoms with Crippen LogP contribution in [0.4, 0.5) is 0 Å². The summed E-state index contributed by atoms with van der Waals surface area (Å²) >= 11 is 0. The number of aliphatic carboxylic acids is 1. The number of fused-ring (bicyclic) bond motifs is 1. The Morgan fingerprint density at radius 3 is 2.88 bits per heavy atom. The molecule has 1 heterocycles. The average molecular weight is 222 g/mol. The summed E-state index contributed by atoms with van der Waals surface area (Å²) in [6.07, 6.45) is 1.18. The van der Waals surface area contributed by atoms with E-state index in [-0.39, 0.29) is 12.4 Å². The molecule has 0 saturated carbocycles. The van der Waals surface area contributed by atoms with Gasteiger partial charge in [0.1, 0.15) is 5.57 Å². The molecule has 0 unspecified atom stereocenters. The van der Waals surface area contributed by atoms with Crippen LogP contribution in [0.1, 0.15) is 5.56 Å². The number of benzene rings is 1. The van der Waals surface area contributed by atoms with Gasteiger partial charge in [0.25, 0.3) is 0 Å². The molecule has 1 aromatic rings. The highest BCUT2D eigenvalue weighted by Crippen LogP contribution is 2.34. The summed E-state index contributed by atoms with van der Waals surface area (Å²) in [5.41, 5.74) is 0.583. The molecule has 0 aliphatic carbocycles. The molecule has 0 fully saturated rings. The Kier molecular flexibility index (Phi) is 2.68. The van der Waals surface area contributed by atoms with Crippen LogP contribution in [0.2, 0.25) is 0 Å². The van der Waals surface area contributed by atoms with Crippen molar-refractivity contribution in [3.8, 4) is 11.5 Å². The van der Waals surface area contributed by atoms with Crippen LogP contribution in [0.15, 0.2) is 24.5 Å². The highest BCUT2D eigenvalue weighted by atomic mass is 16.7. The zero-order chi connectivity index (χ0) is 11.5. The van der Waals surface area contributed by atoms with E-state index in [1.807, 2.05) is 0 Å². The second-order valence-electron chi connectivity index (χ2n) is 3.14. The molecular weight excluding hydrogens is 212 g/mol. The van der Waals surface area contributed by atoms with Crippen LogP contribution in [0.3, 0.4) is 0 Å². The van der Waals surface area contributed by atoms with Crippen molar-refractivity contribution in [2.75, 3.05) is 13.9 Å². The lowest BCUT2D eigenvalue weighted by Crippen LogP contribution is -2.00. The fourth-order valence-electron chi connectivity index (χ4n) is 1.42. The minimum atomic E-state index is -1.05. The quantitative estimate of drug-likeness (QED) is 0.620. The summed E-state index contributed by atoms with van der Waals surface area (Å²) in [7, 11) is 1.40. The Labute approximate surface area is 91.9 Å². The molecule has 16 heavy (non-hydrogen) atoms. The van der Waals surface area contributed by atoms with E-state index in [0.717, 1.165) is 0 Å². The molecule has 0 atom stereocenters. The maximum Gasteiger partial charge on any atom is 0.339 e. The van der Waals surface area contributed by atoms with E-state index in [1.54, 1.807) is 18.2 Å². The first-order valence-electron chi connectivity index (χ1n) is 4.58. The SMILES string of the molecule is COC=C(C(=O)O)c1ccc2c(c1)OCO2. The van der Waals surface area contributed by atoms with E-state index < -0.39 is 5.97 Å². The van der Waals surface area contributed by atoms with Crippen LogP contribution in [0.5, 0.6) is 11.5 Å². The van der Waals surface area contributed by atoms with Crippen LogP contribution in [-0.2, 0) is 9.53 Å². The molecule has 0 aromatic heterocycles. The van der Waals surface area contributed by atoms with E-state index in [4.69, 9.17) is 19.3 Å². The van der Waals surface area contributed by atoms with Gasteiger partial charge in [0.05, 0.1) is 13.4 Å². The van der Waals surface area contributed by atoms with Crippen LogP contribution in [-0.4, -0.2) is 25.0 Å². The maximum atomic E-state index is 11.0. The monoisotopic (exact) mass is 222 g/mol. The summed E-state index contributed by atoms with van der Waals surface area (Å²) in [6, 6.07) is 4.93. The molecule has 0 saturated heterocycles. The smallest absolute Gasteiger partial charge is 0.339 e. The molecule has 1 aliphatic heterocycles. The van der Waals surface area contributed by atoms with Gasteiger partial charge in [0.15, 0.2) is 11.5 Å². The van der Waals surface area contributed by atoms with Crippen molar-refractivity contribution in [1.82, 2.24) is 0 Å². The van der Waals surface area contributed by atoms with Crippen LogP contribution >= 0.6 is 0 Å². The predicted octanol–water partition coefficient (Wildman–Crippen LogP) is 1.49. The van der Waals surface area contributed by atoms with Crippen LogP contribution in [0.25, 0.3) is 5.57 Å². The molecular formula is C11H10O5. The fourth-order valence-corrected chi connectivity index (χ4v) is 1.42. The molecule has 1 N–H and O–H groups in total. The number of ether oxygens (including phenoxy) is 3. The van der Waals surface area contributed by atoms with Gasteiger partial charge in [-0.05, 0) is 17.7 Å². The zero-order valence-electron chi connectivity index (χ0n) is 8.60. The van der Waals surface area contributed by atoms with Gasteiger partial charge in [-0.15, -0.1) is 0 Å². The van der Waals surface area contributed by atoms with Crippen LogP contribution < -0.4 is 9.47 Å². The Bertz CT molecular complexity index is 450. The van der Waals surface area contributed by atoms with E-state index in [1.165, 1.54) is 13.4 Å². The number of rotatable bonds is 3. The molecule has 84 valence electrons. The first-order valence-corrected chi connectivity index (χ1v) is 4.58. The van der Waals surface area contributed by atoms with Crippen molar-refractivity contribution in [3.05, 3.63) is 30.0 Å². The summed E-state index contributed by atoms with van der Waals surface area (Å²) in [5.74, 6) is 0.104. The molecule has 5 heteroatoms. The second kappa shape index (κ2) is 4.14. The van der Waals surface area contributed by atoms with Gasteiger partial charge in [-0.1, -0.05) is 6.07 Å². The van der Waals surface area contributed by atoms with E-state index in [9.17, 15) is 4.79 Å². The summed E-state index contributed by atoms with van der Waals surface area (Å²) < 4.78 is 15.0. The van der Waals surface area contributed by atoms with E-state index >= 15 is 0 Å². The number of carboxylic acid groups (broad SMARTS) is 1. The number of hydrogen-bond donors (Lipinski definition) is 1. The molecule has 0 bridgehead atoms. The molecule has 0 spiro atoms. The third kappa shape index (κ3) is 1.79. The van der Waals surface area contributed by atoms with E-state index in [0.29, 0.717) is 17.1 Å². The fraction of sp³-hybridized carbons (Fsp3) is 0.182. The van der Waals surface area contributed by atoms with Gasteiger partial charge in [-0.2, -0.15) is 0 Å². The Balaban J connectivity index is 2.40. The molecule has 5 nitrogen and oxygen atoms in total. The number of methoxy groups -OCH3 is 1. The minimum Gasteiger partial charge on any atom is -0.503 e. The highest BCUT2D eigenvalue weighted by Gasteiger charge is 2.17. The maximum absolute atomic E-state index is 11.0. The average Bonchev–Trinajstić information content (AvgIpc) is 2.72. The van der Waals surface area contributed by atoms with Gasteiger partial charge in [0.2, 0.25) is 6.79 Å². The van der Waals surface area contributed by atoms with Crippen molar-refractivity contribution in [2.45, 2.75) is 0 Å². The second-order valence-corrected chi connectivity index (χ2v) is 3.14. The summed E-state index contributed by atoms with van der Waals surface area (Å²) in [4.78, 5) is 11.0. The lowest BCUT2D eigenvalue weighted by molar-refractivity contribution is -0.130. The molecule has 0 amide bonds.